The second-order valence-electron chi connectivity index (χ2n) is 5.70. The third-order valence-electron chi connectivity index (χ3n) is 3.70. The van der Waals surface area contributed by atoms with Crippen LogP contribution in [0, 0.1) is 11.8 Å². The molecule has 0 aliphatic rings. The second kappa shape index (κ2) is 12.2. The highest BCUT2D eigenvalue weighted by molar-refractivity contribution is 4.84. The van der Waals surface area contributed by atoms with Gasteiger partial charge in [-0.25, -0.2) is 0 Å². The van der Waals surface area contributed by atoms with Gasteiger partial charge in [-0.2, -0.15) is 0 Å². The largest absolute Gasteiger partial charge is 0.0885 e. The van der Waals surface area contributed by atoms with E-state index in [2.05, 4.69) is 39.8 Å². The quantitative estimate of drug-likeness (QED) is 0.290. The summed E-state index contributed by atoms with van der Waals surface area (Å²) < 4.78 is 0. The van der Waals surface area contributed by atoms with Crippen molar-refractivity contribution in [3.05, 3.63) is 12.2 Å². The normalized spacial score (nSPS) is 13.7. The van der Waals surface area contributed by atoms with E-state index >= 15 is 0 Å². The van der Waals surface area contributed by atoms with Gasteiger partial charge in [0.25, 0.3) is 0 Å². The van der Waals surface area contributed by atoms with Crippen LogP contribution in [0.15, 0.2) is 12.2 Å². The molecule has 0 aromatic heterocycles. The van der Waals surface area contributed by atoms with Crippen molar-refractivity contribution in [1.29, 1.82) is 0 Å². The van der Waals surface area contributed by atoms with Gasteiger partial charge in [0.15, 0.2) is 0 Å². The molecule has 1 atom stereocenters. The first-order chi connectivity index (χ1) is 8.22. The number of hydrogen-bond donors (Lipinski definition) is 0. The minimum atomic E-state index is 0.840. The molecule has 0 fully saturated rings. The summed E-state index contributed by atoms with van der Waals surface area (Å²) >= 11 is 0. The van der Waals surface area contributed by atoms with E-state index in [9.17, 15) is 0 Å². The summed E-state index contributed by atoms with van der Waals surface area (Å²) in [5.41, 5.74) is 0. The van der Waals surface area contributed by atoms with Crippen molar-refractivity contribution in [2.75, 3.05) is 0 Å². The van der Waals surface area contributed by atoms with E-state index in [1.54, 1.807) is 0 Å². The fraction of sp³-hybridized carbons (Fsp3) is 0.882. The Balaban J connectivity index is 3.68. The first-order valence-corrected chi connectivity index (χ1v) is 7.87. The molecule has 0 aromatic rings. The van der Waals surface area contributed by atoms with Gasteiger partial charge in [0, 0.05) is 0 Å². The molecule has 0 N–H and O–H groups in total. The van der Waals surface area contributed by atoms with Crippen molar-refractivity contribution in [3.63, 3.8) is 0 Å². The third kappa shape index (κ3) is 10.6. The van der Waals surface area contributed by atoms with Crippen LogP contribution < -0.4 is 0 Å². The van der Waals surface area contributed by atoms with E-state index in [1.165, 1.54) is 57.8 Å². The van der Waals surface area contributed by atoms with Crippen molar-refractivity contribution in [1.82, 2.24) is 0 Å². The molecule has 0 aliphatic heterocycles. The fourth-order valence-electron chi connectivity index (χ4n) is 2.28. The summed E-state index contributed by atoms with van der Waals surface area (Å²) in [6.07, 6.45) is 17.1. The van der Waals surface area contributed by atoms with Crippen molar-refractivity contribution < 1.29 is 0 Å². The predicted octanol–water partition coefficient (Wildman–Crippen LogP) is 6.37. The molecule has 0 saturated heterocycles. The molecule has 0 aromatic carbocycles. The van der Waals surface area contributed by atoms with Gasteiger partial charge in [-0.1, -0.05) is 72.0 Å². The molecule has 17 heavy (non-hydrogen) atoms. The van der Waals surface area contributed by atoms with Crippen LogP contribution in [0.1, 0.15) is 85.5 Å². The Morgan fingerprint density at radius 1 is 0.824 bits per heavy atom. The molecule has 1 unspecified atom stereocenters. The maximum absolute atomic E-state index is 2.44. The van der Waals surface area contributed by atoms with E-state index in [4.69, 9.17) is 0 Å². The van der Waals surface area contributed by atoms with Crippen LogP contribution in [0.25, 0.3) is 0 Å². The Morgan fingerprint density at radius 2 is 1.47 bits per heavy atom. The first-order valence-electron chi connectivity index (χ1n) is 7.87. The molecule has 0 aliphatic carbocycles. The summed E-state index contributed by atoms with van der Waals surface area (Å²) in [6, 6.07) is 0. The number of allylic oxidation sites excluding steroid dienone is 2. The Morgan fingerprint density at radius 3 is 2.06 bits per heavy atom. The highest BCUT2D eigenvalue weighted by atomic mass is 14.2. The minimum Gasteiger partial charge on any atom is -0.0885 e. The molecule has 0 heteroatoms. The summed E-state index contributed by atoms with van der Waals surface area (Å²) in [6.45, 7) is 9.31. The van der Waals surface area contributed by atoms with Crippen molar-refractivity contribution in [2.45, 2.75) is 85.5 Å². The maximum Gasteiger partial charge on any atom is -0.0320 e. The molecule has 0 heterocycles. The lowest BCUT2D eigenvalue weighted by Gasteiger charge is -2.18. The van der Waals surface area contributed by atoms with Gasteiger partial charge in [0.1, 0.15) is 0 Å². The third-order valence-corrected chi connectivity index (χ3v) is 3.70. The van der Waals surface area contributed by atoms with Crippen LogP contribution in [0.5, 0.6) is 0 Å². The zero-order chi connectivity index (χ0) is 12.9. The van der Waals surface area contributed by atoms with Gasteiger partial charge in [-0.3, -0.25) is 0 Å². The van der Waals surface area contributed by atoms with Gasteiger partial charge >= 0.3 is 0 Å². The van der Waals surface area contributed by atoms with Crippen molar-refractivity contribution >= 4 is 0 Å². The highest BCUT2D eigenvalue weighted by Gasteiger charge is 2.10. The van der Waals surface area contributed by atoms with Crippen molar-refractivity contribution in [2.24, 2.45) is 11.8 Å². The van der Waals surface area contributed by atoms with Crippen LogP contribution in [-0.2, 0) is 0 Å². The summed E-state index contributed by atoms with van der Waals surface area (Å²) in [4.78, 5) is 0. The number of hydrogen-bond acceptors (Lipinski definition) is 0. The van der Waals surface area contributed by atoms with Crippen LogP contribution >= 0.6 is 0 Å². The zero-order valence-electron chi connectivity index (χ0n) is 12.7. The lowest BCUT2D eigenvalue weighted by Crippen LogP contribution is -2.07. The summed E-state index contributed by atoms with van der Waals surface area (Å²) in [5.74, 6) is 1.75. The summed E-state index contributed by atoms with van der Waals surface area (Å²) in [5, 5.41) is 0. The average Bonchev–Trinajstić information content (AvgIpc) is 2.31. The molecule has 0 bridgehead atoms. The predicted molar refractivity (Wildman–Crippen MR) is 80.4 cm³/mol. The molecular formula is C17H34. The SMILES string of the molecule is CCCCCC=CCC(CCCCC)C(C)C. The standard InChI is InChI=1S/C17H34/c1-5-7-9-10-11-13-15-17(16(3)4)14-12-8-6-2/h11,13,16-17H,5-10,12,14-15H2,1-4H3. The van der Waals surface area contributed by atoms with Crippen molar-refractivity contribution in [3.8, 4) is 0 Å². The van der Waals surface area contributed by atoms with E-state index in [-0.39, 0.29) is 0 Å². The smallest absolute Gasteiger partial charge is 0.0320 e. The highest BCUT2D eigenvalue weighted by Crippen LogP contribution is 2.22. The Kier molecular flexibility index (Phi) is 12.0. The monoisotopic (exact) mass is 238 g/mol. The Labute approximate surface area is 110 Å². The molecule has 0 spiro atoms. The van der Waals surface area contributed by atoms with Gasteiger partial charge in [0.2, 0.25) is 0 Å². The van der Waals surface area contributed by atoms with Crippen LogP contribution in [0.4, 0.5) is 0 Å². The second-order valence-corrected chi connectivity index (χ2v) is 5.70. The van der Waals surface area contributed by atoms with Crippen LogP contribution in [0.2, 0.25) is 0 Å². The number of rotatable bonds is 11. The topological polar surface area (TPSA) is 0 Å². The van der Waals surface area contributed by atoms with Gasteiger partial charge in [-0.05, 0) is 37.5 Å². The Hall–Kier alpha value is -0.260. The first kappa shape index (κ1) is 16.7. The lowest BCUT2D eigenvalue weighted by molar-refractivity contribution is 0.350. The van der Waals surface area contributed by atoms with E-state index in [0.29, 0.717) is 0 Å². The van der Waals surface area contributed by atoms with E-state index in [0.717, 1.165) is 11.8 Å². The zero-order valence-corrected chi connectivity index (χ0v) is 12.7. The maximum atomic E-state index is 2.44. The minimum absolute atomic E-state index is 0.840. The van der Waals surface area contributed by atoms with Gasteiger partial charge < -0.3 is 0 Å². The molecule has 0 nitrogen and oxygen atoms in total. The van der Waals surface area contributed by atoms with Crippen LogP contribution in [0.3, 0.4) is 0 Å². The molecule has 0 radical (unpaired) electrons. The molecular weight excluding hydrogens is 204 g/mol. The van der Waals surface area contributed by atoms with E-state index in [1.807, 2.05) is 0 Å². The van der Waals surface area contributed by atoms with Gasteiger partial charge in [-0.15, -0.1) is 0 Å². The molecule has 102 valence electrons. The fourth-order valence-corrected chi connectivity index (χ4v) is 2.28. The molecule has 0 rings (SSSR count). The molecule has 0 saturated carbocycles. The lowest BCUT2D eigenvalue weighted by atomic mass is 9.87. The average molecular weight is 238 g/mol. The van der Waals surface area contributed by atoms with Crippen LogP contribution in [-0.4, -0.2) is 0 Å². The van der Waals surface area contributed by atoms with E-state index < -0.39 is 0 Å². The summed E-state index contributed by atoms with van der Waals surface area (Å²) in [7, 11) is 0. The van der Waals surface area contributed by atoms with Gasteiger partial charge in [0.05, 0.1) is 0 Å². The Bertz CT molecular complexity index is 167. The number of unbranched alkanes of at least 4 members (excludes halogenated alkanes) is 5. The molecule has 0 amide bonds.